The van der Waals surface area contributed by atoms with Gasteiger partial charge in [0.1, 0.15) is 0 Å². The lowest BCUT2D eigenvalue weighted by Gasteiger charge is -2.15. The van der Waals surface area contributed by atoms with E-state index in [0.717, 1.165) is 0 Å². The molecule has 0 aromatic heterocycles. The van der Waals surface area contributed by atoms with E-state index in [2.05, 4.69) is 60.2 Å². The van der Waals surface area contributed by atoms with Crippen molar-refractivity contribution in [2.24, 2.45) is 11.7 Å². The van der Waals surface area contributed by atoms with Gasteiger partial charge in [0.2, 0.25) is 0 Å². The Morgan fingerprint density at radius 2 is 1.04 bits per heavy atom. The number of nitrogens with zero attached hydrogens (tertiary/aromatic N) is 2. The Labute approximate surface area is 137 Å². The number of rotatable bonds is 1. The average molecular weight is 332 g/mol. The van der Waals surface area contributed by atoms with Crippen LogP contribution in [-0.4, -0.2) is 38.4 Å². The zero-order valence-electron chi connectivity index (χ0n) is 12.4. The van der Waals surface area contributed by atoms with Crippen LogP contribution in [0.2, 0.25) is 0 Å². The summed E-state index contributed by atoms with van der Waals surface area (Å²) in [7, 11) is 0. The average Bonchev–Trinajstić information content (AvgIpc) is 2.56. The van der Waals surface area contributed by atoms with E-state index in [1.807, 2.05) is 12.1 Å². The number of carbonyl (C=O) groups is 3. The monoisotopic (exact) mass is 332 g/mol. The Morgan fingerprint density at radius 3 is 1.25 bits per heavy atom. The normalized spacial score (nSPS) is 9.25. The molecule has 2 aromatic rings. The van der Waals surface area contributed by atoms with Gasteiger partial charge in [0.05, 0.1) is 0 Å². The van der Waals surface area contributed by atoms with E-state index in [0.29, 0.717) is 0 Å². The minimum absolute atomic E-state index is 0.151. The van der Waals surface area contributed by atoms with Crippen molar-refractivity contribution < 1.29 is 24.6 Å². The second-order valence-corrected chi connectivity index (χ2v) is 4.32. The fraction of sp³-hybridized carbons (Fsp3) is 0. The zero-order chi connectivity index (χ0) is 18.1. The molecule has 0 heterocycles. The van der Waals surface area contributed by atoms with Crippen LogP contribution in [0.25, 0.3) is 11.1 Å². The molecule has 2 aromatic carbocycles. The van der Waals surface area contributed by atoms with Crippen molar-refractivity contribution >= 4 is 18.2 Å². The minimum Gasteiger partial charge on any atom is -0.464 e. The summed E-state index contributed by atoms with van der Waals surface area (Å²) in [5, 5.41) is 16.1. The van der Waals surface area contributed by atoms with E-state index in [-0.39, 0.29) is 5.12 Å². The Hall–Kier alpha value is -3.43. The Balaban J connectivity index is 0.000000240. The van der Waals surface area contributed by atoms with Crippen LogP contribution in [0.15, 0.2) is 60.7 Å². The summed E-state index contributed by atoms with van der Waals surface area (Å²) >= 11 is 0. The van der Waals surface area contributed by atoms with E-state index >= 15 is 0 Å². The summed E-state index contributed by atoms with van der Waals surface area (Å²) in [6.07, 6.45) is -3.96. The van der Waals surface area contributed by atoms with Crippen LogP contribution in [0.5, 0.6) is 0 Å². The molecule has 0 aliphatic carbocycles. The number of carboxylic acid groups (broad SMARTS) is 2. The number of benzene rings is 2. The molecule has 0 bridgehead atoms. The lowest BCUT2D eigenvalue weighted by molar-refractivity contribution is 0.114. The molecular formula is C15H16N4O5. The molecule has 0 aliphatic rings. The van der Waals surface area contributed by atoms with Crippen LogP contribution in [0.1, 0.15) is 0 Å². The highest BCUT2D eigenvalue weighted by Crippen LogP contribution is 2.17. The number of imide groups is 3. The van der Waals surface area contributed by atoms with Crippen LogP contribution in [-0.2, 0) is 0 Å². The second kappa shape index (κ2) is 8.88. The quantitative estimate of drug-likeness (QED) is 0.355. The molecule has 0 saturated carbocycles. The number of amides is 4. The van der Waals surface area contributed by atoms with E-state index in [1.165, 1.54) is 11.1 Å². The molecule has 0 spiro atoms. The molecule has 0 fully saturated rings. The van der Waals surface area contributed by atoms with Crippen molar-refractivity contribution in [3.8, 4) is 11.1 Å². The van der Waals surface area contributed by atoms with E-state index < -0.39 is 23.1 Å². The third-order valence-corrected chi connectivity index (χ3v) is 2.68. The number of urea groups is 1. The molecule has 9 heteroatoms. The lowest BCUT2D eigenvalue weighted by Crippen LogP contribution is -2.54. The first-order chi connectivity index (χ1) is 11.3. The maximum Gasteiger partial charge on any atom is 0.425 e. The summed E-state index contributed by atoms with van der Waals surface area (Å²) in [4.78, 5) is 30.2. The van der Waals surface area contributed by atoms with Crippen molar-refractivity contribution in [2.75, 3.05) is 0 Å². The maximum absolute atomic E-state index is 10.6. The maximum atomic E-state index is 10.6. The van der Waals surface area contributed by atoms with Crippen molar-refractivity contribution in [1.82, 2.24) is 10.0 Å². The number of hydrogen-bond acceptors (Lipinski definition) is 5. The first kappa shape index (κ1) is 18.6. The Bertz CT molecular complexity index is 640. The number of hydrogen-bond donors (Lipinski definition) is 4. The molecule has 2 rings (SSSR count). The highest BCUT2D eigenvalue weighted by Gasteiger charge is 2.30. The summed E-state index contributed by atoms with van der Waals surface area (Å²) in [5.74, 6) is 9.21. The van der Waals surface area contributed by atoms with Gasteiger partial charge in [-0.3, -0.25) is 0 Å². The van der Waals surface area contributed by atoms with Crippen LogP contribution < -0.4 is 11.7 Å². The first-order valence-corrected chi connectivity index (χ1v) is 6.54. The van der Waals surface area contributed by atoms with Gasteiger partial charge in [-0.2, -0.15) is 5.12 Å². The van der Waals surface area contributed by atoms with Gasteiger partial charge in [0.25, 0.3) is 0 Å². The lowest BCUT2D eigenvalue weighted by atomic mass is 10.1. The van der Waals surface area contributed by atoms with Crippen molar-refractivity contribution in [1.29, 1.82) is 0 Å². The topological polar surface area (TPSA) is 150 Å². The molecular weight excluding hydrogens is 316 g/mol. The van der Waals surface area contributed by atoms with Crippen LogP contribution in [0.3, 0.4) is 0 Å². The summed E-state index contributed by atoms with van der Waals surface area (Å²) in [6.45, 7) is 0. The number of nitrogens with two attached hydrogens (primary N) is 2. The molecule has 0 atom stereocenters. The highest BCUT2D eigenvalue weighted by atomic mass is 16.4. The molecule has 126 valence electrons. The molecule has 24 heavy (non-hydrogen) atoms. The Morgan fingerprint density at radius 1 is 0.708 bits per heavy atom. The highest BCUT2D eigenvalue weighted by molar-refractivity contribution is 6.04. The molecule has 0 unspecified atom stereocenters. The van der Waals surface area contributed by atoms with Gasteiger partial charge in [-0.25, -0.2) is 26.1 Å². The summed E-state index contributed by atoms with van der Waals surface area (Å²) < 4.78 is 0. The first-order valence-electron chi connectivity index (χ1n) is 6.54. The predicted octanol–water partition coefficient (Wildman–Crippen LogP) is 2.17. The van der Waals surface area contributed by atoms with Gasteiger partial charge in [-0.05, 0) is 11.1 Å². The molecule has 0 radical (unpaired) electrons. The molecule has 0 saturated heterocycles. The third-order valence-electron chi connectivity index (χ3n) is 2.68. The molecule has 9 nitrogen and oxygen atoms in total. The zero-order valence-corrected chi connectivity index (χ0v) is 12.4. The largest absolute Gasteiger partial charge is 0.464 e. The second-order valence-electron chi connectivity index (χ2n) is 4.32. The van der Waals surface area contributed by atoms with Crippen molar-refractivity contribution in [2.45, 2.75) is 0 Å². The predicted molar refractivity (Wildman–Crippen MR) is 85.4 cm³/mol. The number of carbonyl (C=O) groups excluding carboxylic acids is 1. The minimum atomic E-state index is -1.98. The smallest absolute Gasteiger partial charge is 0.425 e. The fourth-order valence-electron chi connectivity index (χ4n) is 1.62. The van der Waals surface area contributed by atoms with Crippen molar-refractivity contribution in [3.63, 3.8) is 0 Å². The van der Waals surface area contributed by atoms with Crippen LogP contribution in [0, 0.1) is 0 Å². The fourth-order valence-corrected chi connectivity index (χ4v) is 1.62. The number of hydrazine groups is 2. The van der Waals surface area contributed by atoms with E-state index in [4.69, 9.17) is 10.2 Å². The van der Waals surface area contributed by atoms with E-state index in [1.54, 1.807) is 0 Å². The van der Waals surface area contributed by atoms with Gasteiger partial charge < -0.3 is 10.2 Å². The SMILES string of the molecule is NN(N)C(=O)N(C(=O)O)C(=O)O.c1ccc(-c2ccccc2)cc1. The van der Waals surface area contributed by atoms with Gasteiger partial charge in [-0.1, -0.05) is 60.7 Å². The van der Waals surface area contributed by atoms with Crippen molar-refractivity contribution in [3.05, 3.63) is 60.7 Å². The van der Waals surface area contributed by atoms with Gasteiger partial charge in [0.15, 0.2) is 0 Å². The molecule has 6 N–H and O–H groups in total. The molecule has 0 aliphatic heterocycles. The standard InChI is InChI=1S/C12H10.C3H6N4O5/c1-3-7-11(8-4-1)12-9-5-2-6-10-12;4-7(5)1(8)6(2(9)10)3(11)12/h1-10H;4-5H2,(H,9,10)(H,11,12). The van der Waals surface area contributed by atoms with Gasteiger partial charge >= 0.3 is 18.2 Å². The van der Waals surface area contributed by atoms with E-state index in [9.17, 15) is 14.4 Å². The Kier molecular flexibility index (Phi) is 6.89. The van der Waals surface area contributed by atoms with Gasteiger partial charge in [0, 0.05) is 0 Å². The van der Waals surface area contributed by atoms with Crippen LogP contribution >= 0.6 is 0 Å². The summed E-state index contributed by atoms with van der Waals surface area (Å²) in [5.41, 5.74) is 2.55. The van der Waals surface area contributed by atoms with Crippen LogP contribution in [0.4, 0.5) is 14.4 Å². The summed E-state index contributed by atoms with van der Waals surface area (Å²) in [6, 6.07) is 19.2. The molecule has 4 amide bonds. The third kappa shape index (κ3) is 5.40. The van der Waals surface area contributed by atoms with Gasteiger partial charge in [-0.15, -0.1) is 4.90 Å².